The number of aryl methyl sites for hydroxylation is 2. The van der Waals surface area contributed by atoms with Crippen LogP contribution in [0.4, 0.5) is 0 Å². The monoisotopic (exact) mass is 348 g/mol. The third kappa shape index (κ3) is 3.61. The Morgan fingerprint density at radius 1 is 0.846 bits per heavy atom. The van der Waals surface area contributed by atoms with Crippen molar-refractivity contribution in [3.05, 3.63) is 88.2 Å². The van der Waals surface area contributed by atoms with Gasteiger partial charge in [0.2, 0.25) is 0 Å². The van der Waals surface area contributed by atoms with E-state index < -0.39 is 0 Å². The van der Waals surface area contributed by atoms with Gasteiger partial charge in [0.15, 0.2) is 0 Å². The molecule has 0 saturated heterocycles. The summed E-state index contributed by atoms with van der Waals surface area (Å²) in [6.07, 6.45) is 2.22. The lowest BCUT2D eigenvalue weighted by Gasteiger charge is -2.23. The topological polar surface area (TPSA) is 18.5 Å². The number of ether oxygens (including phenoxy) is 2. The van der Waals surface area contributed by atoms with Gasteiger partial charge >= 0.3 is 0 Å². The Morgan fingerprint density at radius 2 is 1.54 bits per heavy atom. The van der Waals surface area contributed by atoms with Gasteiger partial charge in [-0.2, -0.15) is 0 Å². The summed E-state index contributed by atoms with van der Waals surface area (Å²) in [5.74, 6) is 1.14. The normalized spacial score (nSPS) is 16.8. The maximum absolute atomic E-state index is 6.02. The van der Waals surface area contributed by atoms with Gasteiger partial charge in [0.25, 0.3) is 0 Å². The smallest absolute Gasteiger partial charge is 0.122 e. The molecule has 1 aliphatic rings. The lowest BCUT2D eigenvalue weighted by Crippen LogP contribution is -2.11. The zero-order chi connectivity index (χ0) is 18.5. The Morgan fingerprint density at radius 3 is 2.19 bits per heavy atom. The molecule has 0 amide bonds. The van der Waals surface area contributed by atoms with Gasteiger partial charge in [0.1, 0.15) is 5.76 Å². The predicted molar refractivity (Wildman–Crippen MR) is 108 cm³/mol. The number of hydrogen-bond donors (Lipinski definition) is 0. The largest absolute Gasteiger partial charge is 0.494 e. The molecule has 136 valence electrons. The summed E-state index contributed by atoms with van der Waals surface area (Å²) in [6.45, 7) is 10.4. The van der Waals surface area contributed by atoms with Crippen LogP contribution in [-0.2, 0) is 9.47 Å². The van der Waals surface area contributed by atoms with Gasteiger partial charge in [-0.05, 0) is 61.6 Å². The standard InChI is InChI=1S/C24H28O2/c1-5-25-16-22-23(26-6-2)15-21(19-13-9-7-11-17(19)3)24(22)20-14-10-8-12-18(20)4/h7-15,24H,5-6,16H2,1-4H3. The van der Waals surface area contributed by atoms with E-state index in [1.165, 1.54) is 33.4 Å². The fourth-order valence-corrected chi connectivity index (χ4v) is 3.70. The Balaban J connectivity index is 2.15. The highest BCUT2D eigenvalue weighted by atomic mass is 16.5. The fraction of sp³-hybridized carbons (Fsp3) is 0.333. The van der Waals surface area contributed by atoms with Gasteiger partial charge in [-0.1, -0.05) is 48.5 Å². The molecule has 1 aliphatic carbocycles. The molecule has 2 aromatic rings. The number of hydrogen-bond acceptors (Lipinski definition) is 2. The maximum Gasteiger partial charge on any atom is 0.122 e. The molecule has 2 aromatic carbocycles. The summed E-state index contributed by atoms with van der Waals surface area (Å²) in [5, 5.41) is 0. The highest BCUT2D eigenvalue weighted by Gasteiger charge is 2.32. The van der Waals surface area contributed by atoms with Crippen molar-refractivity contribution in [2.24, 2.45) is 0 Å². The molecule has 26 heavy (non-hydrogen) atoms. The van der Waals surface area contributed by atoms with Gasteiger partial charge in [-0.25, -0.2) is 0 Å². The Bertz CT molecular complexity index is 830. The van der Waals surface area contributed by atoms with Crippen LogP contribution in [0.2, 0.25) is 0 Å². The summed E-state index contributed by atoms with van der Waals surface area (Å²) in [6, 6.07) is 17.2. The molecular weight excluding hydrogens is 320 g/mol. The average molecular weight is 348 g/mol. The molecule has 0 fully saturated rings. The van der Waals surface area contributed by atoms with Crippen molar-refractivity contribution < 1.29 is 9.47 Å². The summed E-state index contributed by atoms with van der Waals surface area (Å²) in [4.78, 5) is 0. The summed E-state index contributed by atoms with van der Waals surface area (Å²) < 4.78 is 11.8. The minimum Gasteiger partial charge on any atom is -0.494 e. The molecule has 0 radical (unpaired) electrons. The third-order valence-corrected chi connectivity index (χ3v) is 4.98. The molecule has 2 heteroatoms. The number of benzene rings is 2. The zero-order valence-corrected chi connectivity index (χ0v) is 16.2. The van der Waals surface area contributed by atoms with Crippen LogP contribution in [0.25, 0.3) is 5.57 Å². The second-order valence-electron chi connectivity index (χ2n) is 6.66. The molecule has 0 aliphatic heterocycles. The number of allylic oxidation sites excluding steroid dienone is 2. The van der Waals surface area contributed by atoms with Crippen LogP contribution in [0.3, 0.4) is 0 Å². The minimum absolute atomic E-state index is 0.172. The van der Waals surface area contributed by atoms with Crippen LogP contribution in [-0.4, -0.2) is 19.8 Å². The molecule has 0 heterocycles. The van der Waals surface area contributed by atoms with E-state index in [0.29, 0.717) is 19.8 Å². The van der Waals surface area contributed by atoms with E-state index in [0.717, 1.165) is 5.76 Å². The van der Waals surface area contributed by atoms with Crippen LogP contribution >= 0.6 is 0 Å². The summed E-state index contributed by atoms with van der Waals surface area (Å²) in [7, 11) is 0. The molecule has 0 saturated carbocycles. The van der Waals surface area contributed by atoms with Gasteiger partial charge in [0, 0.05) is 18.1 Å². The van der Waals surface area contributed by atoms with Crippen molar-refractivity contribution >= 4 is 5.57 Å². The Labute approximate surface area is 157 Å². The van der Waals surface area contributed by atoms with Gasteiger partial charge in [-0.3, -0.25) is 0 Å². The van der Waals surface area contributed by atoms with Crippen LogP contribution in [0.5, 0.6) is 0 Å². The third-order valence-electron chi connectivity index (χ3n) is 4.98. The van der Waals surface area contributed by atoms with Crippen molar-refractivity contribution in [2.75, 3.05) is 19.8 Å². The van der Waals surface area contributed by atoms with Crippen molar-refractivity contribution in [1.82, 2.24) is 0 Å². The molecule has 1 unspecified atom stereocenters. The molecule has 0 aromatic heterocycles. The maximum atomic E-state index is 6.02. The molecule has 3 rings (SSSR count). The first kappa shape index (κ1) is 18.5. The molecular formula is C24H28O2. The van der Waals surface area contributed by atoms with Gasteiger partial charge < -0.3 is 9.47 Å². The van der Waals surface area contributed by atoms with Crippen LogP contribution in [0.1, 0.15) is 42.0 Å². The van der Waals surface area contributed by atoms with E-state index >= 15 is 0 Å². The average Bonchev–Trinajstić information content (AvgIpc) is 2.99. The predicted octanol–water partition coefficient (Wildman–Crippen LogP) is 5.81. The fourth-order valence-electron chi connectivity index (χ4n) is 3.70. The zero-order valence-electron chi connectivity index (χ0n) is 16.2. The lowest BCUT2D eigenvalue weighted by molar-refractivity contribution is 0.160. The van der Waals surface area contributed by atoms with E-state index in [9.17, 15) is 0 Å². The van der Waals surface area contributed by atoms with Crippen molar-refractivity contribution in [3.63, 3.8) is 0 Å². The molecule has 0 bridgehead atoms. The second-order valence-corrected chi connectivity index (χ2v) is 6.66. The second kappa shape index (κ2) is 8.37. The summed E-state index contributed by atoms with van der Waals surface area (Å²) in [5.41, 5.74) is 7.71. The lowest BCUT2D eigenvalue weighted by atomic mass is 9.82. The molecule has 1 atom stereocenters. The van der Waals surface area contributed by atoms with E-state index in [1.807, 2.05) is 13.8 Å². The van der Waals surface area contributed by atoms with Gasteiger partial charge in [0.05, 0.1) is 13.2 Å². The van der Waals surface area contributed by atoms with Crippen LogP contribution in [0, 0.1) is 13.8 Å². The highest BCUT2D eigenvalue weighted by Crippen LogP contribution is 2.46. The van der Waals surface area contributed by atoms with E-state index in [-0.39, 0.29) is 5.92 Å². The summed E-state index contributed by atoms with van der Waals surface area (Å²) >= 11 is 0. The minimum atomic E-state index is 0.172. The van der Waals surface area contributed by atoms with Crippen molar-refractivity contribution in [2.45, 2.75) is 33.6 Å². The first-order valence-electron chi connectivity index (χ1n) is 9.44. The quantitative estimate of drug-likeness (QED) is 0.628. The molecule has 0 N–H and O–H groups in total. The van der Waals surface area contributed by atoms with E-state index in [1.54, 1.807) is 0 Å². The van der Waals surface area contributed by atoms with Crippen LogP contribution < -0.4 is 0 Å². The highest BCUT2D eigenvalue weighted by molar-refractivity contribution is 5.82. The first-order valence-corrected chi connectivity index (χ1v) is 9.44. The van der Waals surface area contributed by atoms with Gasteiger partial charge in [-0.15, -0.1) is 0 Å². The first-order chi connectivity index (χ1) is 12.7. The van der Waals surface area contributed by atoms with Crippen LogP contribution in [0.15, 0.2) is 65.9 Å². The van der Waals surface area contributed by atoms with Crippen molar-refractivity contribution in [1.29, 1.82) is 0 Å². The Kier molecular flexibility index (Phi) is 5.95. The molecule has 0 spiro atoms. The Hall–Kier alpha value is -2.32. The van der Waals surface area contributed by atoms with Crippen molar-refractivity contribution in [3.8, 4) is 0 Å². The number of rotatable bonds is 7. The van der Waals surface area contributed by atoms with E-state index in [4.69, 9.17) is 9.47 Å². The SMILES string of the molecule is CCOCC1=C(OCC)C=C(c2ccccc2C)C1c1ccccc1C. The molecule has 2 nitrogen and oxygen atoms in total. The van der Waals surface area contributed by atoms with E-state index in [2.05, 4.69) is 68.5 Å².